The van der Waals surface area contributed by atoms with Gasteiger partial charge in [0, 0.05) is 13.1 Å². The molecule has 0 amide bonds. The number of fused-ring (bicyclic) bond motifs is 1. The van der Waals surface area contributed by atoms with Crippen LogP contribution in [-0.2, 0) is 28.6 Å². The van der Waals surface area contributed by atoms with Crippen LogP contribution in [0.2, 0.25) is 0 Å². The summed E-state index contributed by atoms with van der Waals surface area (Å²) in [5.74, 6) is -3.23. The van der Waals surface area contributed by atoms with Gasteiger partial charge in [-0.2, -0.15) is 0 Å². The first kappa shape index (κ1) is 18.7. The van der Waals surface area contributed by atoms with Crippen molar-refractivity contribution in [1.82, 2.24) is 9.80 Å². The number of likely N-dealkylation sites (N-methyl/N-ethyl adjacent to an activating group) is 1. The van der Waals surface area contributed by atoms with E-state index in [-0.39, 0.29) is 26.0 Å². The summed E-state index contributed by atoms with van der Waals surface area (Å²) in [6.07, 6.45) is -0.368. The molecular weight excluding hydrogens is 316 g/mol. The molecule has 8 heteroatoms. The van der Waals surface area contributed by atoms with Gasteiger partial charge in [-0.05, 0) is 27.8 Å². The maximum atomic E-state index is 12.5. The molecule has 136 valence electrons. The smallest absolute Gasteiger partial charge is 0.324 e. The molecule has 0 unspecified atom stereocenters. The minimum absolute atomic E-state index is 0.181. The highest BCUT2D eigenvalue weighted by Crippen LogP contribution is 2.41. The molecule has 2 saturated heterocycles. The molecule has 0 N–H and O–H groups in total. The second kappa shape index (κ2) is 7.94. The summed E-state index contributed by atoms with van der Waals surface area (Å²) in [5, 5.41) is 0. The van der Waals surface area contributed by atoms with E-state index in [1.54, 1.807) is 20.8 Å². The first-order valence-corrected chi connectivity index (χ1v) is 8.43. The van der Waals surface area contributed by atoms with Crippen molar-refractivity contribution in [2.24, 2.45) is 11.8 Å². The van der Waals surface area contributed by atoms with Crippen molar-refractivity contribution in [3.8, 4) is 0 Å². The first-order valence-electron chi connectivity index (χ1n) is 8.43. The van der Waals surface area contributed by atoms with Crippen molar-refractivity contribution in [2.45, 2.75) is 33.0 Å². The van der Waals surface area contributed by atoms with Crippen molar-refractivity contribution in [3.05, 3.63) is 0 Å². The Kier molecular flexibility index (Phi) is 6.17. The van der Waals surface area contributed by atoms with Crippen LogP contribution in [0.4, 0.5) is 0 Å². The molecule has 2 aliphatic rings. The van der Waals surface area contributed by atoms with E-state index in [0.717, 1.165) is 0 Å². The van der Waals surface area contributed by atoms with Crippen LogP contribution in [0.1, 0.15) is 20.8 Å². The highest BCUT2D eigenvalue weighted by atomic mass is 16.5. The maximum absolute atomic E-state index is 12.5. The van der Waals surface area contributed by atoms with Crippen molar-refractivity contribution in [3.63, 3.8) is 0 Å². The Morgan fingerprint density at radius 1 is 0.833 bits per heavy atom. The maximum Gasteiger partial charge on any atom is 0.324 e. The number of rotatable bonds is 6. The lowest BCUT2D eigenvalue weighted by atomic mass is 9.88. The van der Waals surface area contributed by atoms with Gasteiger partial charge in [-0.1, -0.05) is 0 Å². The number of carbonyl (C=O) groups excluding carboxylic acids is 3. The van der Waals surface area contributed by atoms with E-state index in [0.29, 0.717) is 13.1 Å². The Bertz CT molecular complexity index is 497. The van der Waals surface area contributed by atoms with Crippen molar-refractivity contribution >= 4 is 17.9 Å². The molecule has 0 spiro atoms. The van der Waals surface area contributed by atoms with Crippen LogP contribution in [0.15, 0.2) is 0 Å². The van der Waals surface area contributed by atoms with Gasteiger partial charge < -0.3 is 14.2 Å². The highest BCUT2D eigenvalue weighted by molar-refractivity contribution is 5.91. The third-order valence-electron chi connectivity index (χ3n) is 4.55. The SMILES string of the molecule is CCOC(=O)[C@H]1[C@H](C(=O)OCC)[C@H]2N(C)CCN2[C@@H]1C(=O)OCC. The summed E-state index contributed by atoms with van der Waals surface area (Å²) >= 11 is 0. The molecule has 0 aromatic carbocycles. The molecule has 0 aromatic rings. The van der Waals surface area contributed by atoms with Gasteiger partial charge in [0.05, 0.1) is 31.9 Å². The summed E-state index contributed by atoms with van der Waals surface area (Å²) in [6, 6.07) is -0.826. The Balaban J connectivity index is 2.41. The summed E-state index contributed by atoms with van der Waals surface area (Å²) in [5.41, 5.74) is 0. The summed E-state index contributed by atoms with van der Waals surface area (Å²) in [6.45, 7) is 7.00. The molecule has 0 aromatic heterocycles. The zero-order valence-electron chi connectivity index (χ0n) is 14.7. The Morgan fingerprint density at radius 3 is 1.88 bits per heavy atom. The molecule has 2 fully saturated rings. The average Bonchev–Trinajstić information content (AvgIpc) is 3.06. The molecule has 24 heavy (non-hydrogen) atoms. The molecule has 0 radical (unpaired) electrons. The minimum atomic E-state index is -0.921. The van der Waals surface area contributed by atoms with Crippen LogP contribution in [0.3, 0.4) is 0 Å². The Morgan fingerprint density at radius 2 is 1.33 bits per heavy atom. The van der Waals surface area contributed by atoms with E-state index in [1.807, 2.05) is 16.8 Å². The van der Waals surface area contributed by atoms with Gasteiger partial charge in [0.25, 0.3) is 0 Å². The number of hydrogen-bond acceptors (Lipinski definition) is 8. The van der Waals surface area contributed by atoms with E-state index in [9.17, 15) is 14.4 Å². The molecule has 0 saturated carbocycles. The van der Waals surface area contributed by atoms with Gasteiger partial charge in [-0.3, -0.25) is 24.2 Å². The topological polar surface area (TPSA) is 85.4 Å². The second-order valence-electron chi connectivity index (χ2n) is 5.88. The van der Waals surface area contributed by atoms with Crippen LogP contribution < -0.4 is 0 Å². The predicted molar refractivity (Wildman–Crippen MR) is 83.8 cm³/mol. The van der Waals surface area contributed by atoms with Crippen molar-refractivity contribution in [1.29, 1.82) is 0 Å². The zero-order valence-corrected chi connectivity index (χ0v) is 14.7. The van der Waals surface area contributed by atoms with E-state index in [1.165, 1.54) is 0 Å². The molecule has 4 atom stereocenters. The highest BCUT2D eigenvalue weighted by Gasteiger charge is 2.62. The number of nitrogens with zero attached hydrogens (tertiary/aromatic N) is 2. The zero-order chi connectivity index (χ0) is 17.9. The van der Waals surface area contributed by atoms with E-state index < -0.39 is 35.8 Å². The lowest BCUT2D eigenvalue weighted by molar-refractivity contribution is -0.164. The molecule has 0 bridgehead atoms. The van der Waals surface area contributed by atoms with Crippen LogP contribution in [0.5, 0.6) is 0 Å². The van der Waals surface area contributed by atoms with Gasteiger partial charge >= 0.3 is 17.9 Å². The fourth-order valence-electron chi connectivity index (χ4n) is 3.69. The normalized spacial score (nSPS) is 30.0. The quantitative estimate of drug-likeness (QED) is 0.487. The van der Waals surface area contributed by atoms with Crippen LogP contribution >= 0.6 is 0 Å². The Hall–Kier alpha value is -1.67. The molecule has 2 aliphatic heterocycles. The second-order valence-corrected chi connectivity index (χ2v) is 5.88. The number of esters is 3. The molecule has 8 nitrogen and oxygen atoms in total. The van der Waals surface area contributed by atoms with Crippen molar-refractivity contribution < 1.29 is 28.6 Å². The molecule has 0 aliphatic carbocycles. The third-order valence-corrected chi connectivity index (χ3v) is 4.55. The van der Waals surface area contributed by atoms with Gasteiger partial charge in [0.1, 0.15) is 12.0 Å². The van der Waals surface area contributed by atoms with Crippen LogP contribution in [0.25, 0.3) is 0 Å². The van der Waals surface area contributed by atoms with E-state index >= 15 is 0 Å². The van der Waals surface area contributed by atoms with Crippen LogP contribution in [-0.4, -0.2) is 79.9 Å². The fourth-order valence-corrected chi connectivity index (χ4v) is 3.69. The number of ether oxygens (including phenoxy) is 3. The summed E-state index contributed by atoms with van der Waals surface area (Å²) in [4.78, 5) is 41.4. The predicted octanol–water partition coefficient (Wildman–Crippen LogP) is -0.136. The first-order chi connectivity index (χ1) is 11.5. The molecular formula is C16H26N2O6. The standard InChI is InChI=1S/C16H26N2O6/c1-5-22-14(19)10-11(15(20)23-6-2)13-17(4)8-9-18(13)12(10)16(21)24-7-3/h10-13H,5-9H2,1-4H3/t10-,11-,12-,13-/m0/s1. The lowest BCUT2D eigenvalue weighted by Gasteiger charge is -2.26. The van der Waals surface area contributed by atoms with E-state index in [2.05, 4.69) is 0 Å². The van der Waals surface area contributed by atoms with Gasteiger partial charge in [0.15, 0.2) is 0 Å². The lowest BCUT2D eigenvalue weighted by Crippen LogP contribution is -2.44. The average molecular weight is 342 g/mol. The van der Waals surface area contributed by atoms with E-state index in [4.69, 9.17) is 14.2 Å². The van der Waals surface area contributed by atoms with Crippen LogP contribution in [0, 0.1) is 11.8 Å². The van der Waals surface area contributed by atoms with Gasteiger partial charge in [-0.25, -0.2) is 0 Å². The summed E-state index contributed by atoms with van der Waals surface area (Å²) in [7, 11) is 1.87. The molecule has 2 rings (SSSR count). The van der Waals surface area contributed by atoms with Gasteiger partial charge in [0.2, 0.25) is 0 Å². The third kappa shape index (κ3) is 3.25. The number of hydrogen-bond donors (Lipinski definition) is 0. The summed E-state index contributed by atoms with van der Waals surface area (Å²) < 4.78 is 15.5. The number of carbonyl (C=O) groups is 3. The monoisotopic (exact) mass is 342 g/mol. The fraction of sp³-hybridized carbons (Fsp3) is 0.812. The van der Waals surface area contributed by atoms with Gasteiger partial charge in [-0.15, -0.1) is 0 Å². The Labute approximate surface area is 142 Å². The largest absolute Gasteiger partial charge is 0.466 e. The minimum Gasteiger partial charge on any atom is -0.466 e. The molecule has 2 heterocycles. The van der Waals surface area contributed by atoms with Crippen molar-refractivity contribution in [2.75, 3.05) is 40.0 Å².